The fourth-order valence-electron chi connectivity index (χ4n) is 2.84. The first-order valence-electron chi connectivity index (χ1n) is 8.89. The molecule has 0 unspecified atom stereocenters. The van der Waals surface area contributed by atoms with E-state index < -0.39 is 5.60 Å². The maximum absolute atomic E-state index is 12.6. The Morgan fingerprint density at radius 1 is 1.32 bits per heavy atom. The highest BCUT2D eigenvalue weighted by Crippen LogP contribution is 2.24. The van der Waals surface area contributed by atoms with Crippen LogP contribution in [0.3, 0.4) is 0 Å². The van der Waals surface area contributed by atoms with Crippen LogP contribution >= 0.6 is 23.2 Å². The molecule has 3 heterocycles. The molecule has 2 amide bonds. The van der Waals surface area contributed by atoms with E-state index in [0.717, 1.165) is 0 Å². The average Bonchev–Trinajstić information content (AvgIpc) is 3.00. The van der Waals surface area contributed by atoms with Crippen LogP contribution < -0.4 is 5.32 Å². The van der Waals surface area contributed by atoms with Crippen molar-refractivity contribution < 1.29 is 14.3 Å². The van der Waals surface area contributed by atoms with Crippen LogP contribution in [0, 0.1) is 5.92 Å². The summed E-state index contributed by atoms with van der Waals surface area (Å²) < 4.78 is 6.94. The Kier molecular flexibility index (Phi) is 5.86. The molecule has 2 aromatic rings. The number of hydrogen-bond donors (Lipinski definition) is 1. The number of pyridine rings is 1. The van der Waals surface area contributed by atoms with Crippen LogP contribution in [0.25, 0.3) is 5.82 Å². The van der Waals surface area contributed by atoms with Crippen molar-refractivity contribution in [3.63, 3.8) is 0 Å². The summed E-state index contributed by atoms with van der Waals surface area (Å²) in [5.74, 6) is 0.381. The van der Waals surface area contributed by atoms with Gasteiger partial charge in [0, 0.05) is 37.9 Å². The lowest BCUT2D eigenvalue weighted by molar-refractivity contribution is -0.000541. The summed E-state index contributed by atoms with van der Waals surface area (Å²) in [5, 5.41) is 3.67. The molecular weight excluding hydrogens is 403 g/mol. The summed E-state index contributed by atoms with van der Waals surface area (Å²) >= 11 is 12.1. The summed E-state index contributed by atoms with van der Waals surface area (Å²) in [5.41, 5.74) is -0.0984. The summed E-state index contributed by atoms with van der Waals surface area (Å²) in [7, 11) is 0. The summed E-state index contributed by atoms with van der Waals surface area (Å²) in [6, 6.07) is 5.01. The number of carbonyl (C=O) groups is 2. The monoisotopic (exact) mass is 424 g/mol. The smallest absolute Gasteiger partial charge is 0.410 e. The minimum Gasteiger partial charge on any atom is -0.444 e. The average molecular weight is 425 g/mol. The van der Waals surface area contributed by atoms with E-state index >= 15 is 0 Å². The normalized spacial score (nSPS) is 14.5. The first-order valence-corrected chi connectivity index (χ1v) is 9.64. The van der Waals surface area contributed by atoms with Gasteiger partial charge < -0.3 is 15.0 Å². The third-order valence-corrected chi connectivity index (χ3v) is 4.64. The Labute approximate surface area is 173 Å². The van der Waals surface area contributed by atoms with Gasteiger partial charge in [-0.15, -0.1) is 0 Å². The highest BCUT2D eigenvalue weighted by atomic mass is 35.5. The van der Waals surface area contributed by atoms with Crippen molar-refractivity contribution in [1.82, 2.24) is 19.8 Å². The first-order chi connectivity index (χ1) is 13.1. The fraction of sp³-hybridized carbons (Fsp3) is 0.421. The van der Waals surface area contributed by atoms with E-state index in [0.29, 0.717) is 41.2 Å². The molecule has 1 fully saturated rings. The number of hydrogen-bond acceptors (Lipinski definition) is 4. The van der Waals surface area contributed by atoms with Crippen molar-refractivity contribution >= 4 is 35.2 Å². The molecule has 2 aromatic heterocycles. The van der Waals surface area contributed by atoms with E-state index in [1.54, 1.807) is 33.9 Å². The van der Waals surface area contributed by atoms with Crippen molar-refractivity contribution in [2.45, 2.75) is 26.4 Å². The van der Waals surface area contributed by atoms with E-state index in [1.165, 1.54) is 6.20 Å². The molecule has 0 aliphatic carbocycles. The van der Waals surface area contributed by atoms with E-state index in [1.807, 2.05) is 20.8 Å². The predicted octanol–water partition coefficient (Wildman–Crippen LogP) is 3.78. The standard InChI is InChI=1S/C19H22Cl2N4O3/c1-19(2,3)28-18(27)24-10-12(11-24)8-23-17(26)15-5-4-6-25(15)16-14(21)7-13(20)9-22-16/h4-7,9,12H,8,10-11H2,1-3H3,(H,23,26). The number of likely N-dealkylation sites (tertiary alicyclic amines) is 1. The molecule has 0 atom stereocenters. The lowest BCUT2D eigenvalue weighted by atomic mass is 10.0. The molecule has 0 radical (unpaired) electrons. The number of carbonyl (C=O) groups excluding carboxylic acids is 2. The minimum absolute atomic E-state index is 0.192. The van der Waals surface area contributed by atoms with Gasteiger partial charge in [-0.25, -0.2) is 9.78 Å². The van der Waals surface area contributed by atoms with Crippen LogP contribution in [0.2, 0.25) is 10.0 Å². The zero-order chi connectivity index (χ0) is 20.5. The molecule has 1 aliphatic heterocycles. The number of rotatable bonds is 4. The van der Waals surface area contributed by atoms with E-state index in [-0.39, 0.29) is 17.9 Å². The Hall–Kier alpha value is -2.25. The predicted molar refractivity (Wildman–Crippen MR) is 107 cm³/mol. The van der Waals surface area contributed by atoms with Crippen LogP contribution in [0.15, 0.2) is 30.6 Å². The molecule has 1 N–H and O–H groups in total. The van der Waals surface area contributed by atoms with Gasteiger partial charge in [-0.3, -0.25) is 9.36 Å². The van der Waals surface area contributed by atoms with Crippen molar-refractivity contribution in [2.75, 3.05) is 19.6 Å². The number of ether oxygens (including phenoxy) is 1. The van der Waals surface area contributed by atoms with Crippen LogP contribution in [0.5, 0.6) is 0 Å². The number of halogens is 2. The molecule has 1 aliphatic rings. The van der Waals surface area contributed by atoms with Crippen LogP contribution in [0.1, 0.15) is 31.3 Å². The Morgan fingerprint density at radius 3 is 2.68 bits per heavy atom. The molecule has 0 spiro atoms. The largest absolute Gasteiger partial charge is 0.444 e. The summed E-state index contributed by atoms with van der Waals surface area (Å²) in [6.45, 7) is 7.07. The molecule has 0 bridgehead atoms. The number of amides is 2. The minimum atomic E-state index is -0.515. The van der Waals surface area contributed by atoms with Gasteiger partial charge in [0.25, 0.3) is 5.91 Å². The number of aromatic nitrogens is 2. The molecule has 0 saturated carbocycles. The lowest BCUT2D eigenvalue weighted by Crippen LogP contribution is -2.54. The van der Waals surface area contributed by atoms with Gasteiger partial charge in [0.05, 0.1) is 10.0 Å². The highest BCUT2D eigenvalue weighted by Gasteiger charge is 2.33. The maximum Gasteiger partial charge on any atom is 0.410 e. The molecule has 9 heteroatoms. The molecule has 7 nitrogen and oxygen atoms in total. The second-order valence-corrected chi connectivity index (χ2v) is 8.53. The van der Waals surface area contributed by atoms with Crippen molar-refractivity contribution in [3.05, 3.63) is 46.3 Å². The van der Waals surface area contributed by atoms with Crippen LogP contribution in [0.4, 0.5) is 4.79 Å². The van der Waals surface area contributed by atoms with Gasteiger partial charge in [-0.05, 0) is 39.0 Å². The van der Waals surface area contributed by atoms with Gasteiger partial charge in [0.1, 0.15) is 11.3 Å². The Morgan fingerprint density at radius 2 is 2.04 bits per heavy atom. The van der Waals surface area contributed by atoms with Gasteiger partial charge >= 0.3 is 6.09 Å². The summed E-state index contributed by atoms with van der Waals surface area (Å²) in [4.78, 5) is 30.4. The number of nitrogens with zero attached hydrogens (tertiary/aromatic N) is 3. The molecule has 0 aromatic carbocycles. The number of nitrogens with one attached hydrogen (secondary N) is 1. The SMILES string of the molecule is CC(C)(C)OC(=O)N1CC(CNC(=O)c2cccn2-c2ncc(Cl)cc2Cl)C1. The van der Waals surface area contributed by atoms with Crippen LogP contribution in [-0.4, -0.2) is 51.7 Å². The molecule has 150 valence electrons. The zero-order valence-electron chi connectivity index (χ0n) is 15.9. The van der Waals surface area contributed by atoms with Gasteiger partial charge in [0.15, 0.2) is 5.82 Å². The molecule has 1 saturated heterocycles. The highest BCUT2D eigenvalue weighted by molar-refractivity contribution is 6.35. The topological polar surface area (TPSA) is 76.5 Å². The van der Waals surface area contributed by atoms with Gasteiger partial charge in [-0.1, -0.05) is 23.2 Å². The first kappa shape index (κ1) is 20.5. The van der Waals surface area contributed by atoms with E-state index in [9.17, 15) is 9.59 Å². The van der Waals surface area contributed by atoms with E-state index in [4.69, 9.17) is 27.9 Å². The van der Waals surface area contributed by atoms with Gasteiger partial charge in [-0.2, -0.15) is 0 Å². The molecule has 3 rings (SSSR count). The molecular formula is C19H22Cl2N4O3. The zero-order valence-corrected chi connectivity index (χ0v) is 17.4. The third kappa shape index (κ3) is 4.77. The van der Waals surface area contributed by atoms with Crippen molar-refractivity contribution in [1.29, 1.82) is 0 Å². The maximum atomic E-state index is 12.6. The quantitative estimate of drug-likeness (QED) is 0.809. The second kappa shape index (κ2) is 8.01. The van der Waals surface area contributed by atoms with Crippen LogP contribution in [-0.2, 0) is 4.74 Å². The summed E-state index contributed by atoms with van der Waals surface area (Å²) in [6.07, 6.45) is 2.86. The van der Waals surface area contributed by atoms with Crippen molar-refractivity contribution in [2.24, 2.45) is 5.92 Å². The molecule has 28 heavy (non-hydrogen) atoms. The lowest BCUT2D eigenvalue weighted by Gasteiger charge is -2.39. The Balaban J connectivity index is 1.55. The van der Waals surface area contributed by atoms with Gasteiger partial charge in [0.2, 0.25) is 0 Å². The third-order valence-electron chi connectivity index (χ3n) is 4.16. The fourth-order valence-corrected chi connectivity index (χ4v) is 3.31. The second-order valence-electron chi connectivity index (χ2n) is 7.68. The van der Waals surface area contributed by atoms with Crippen molar-refractivity contribution in [3.8, 4) is 5.82 Å². The van der Waals surface area contributed by atoms with E-state index in [2.05, 4.69) is 10.3 Å². The Bertz CT molecular complexity index is 886.